The van der Waals surface area contributed by atoms with Gasteiger partial charge in [0, 0.05) is 24.1 Å². The molecule has 32 heavy (non-hydrogen) atoms. The Morgan fingerprint density at radius 1 is 1.25 bits per heavy atom. The van der Waals surface area contributed by atoms with Crippen LogP contribution in [0.25, 0.3) is 6.08 Å². The number of esters is 1. The van der Waals surface area contributed by atoms with E-state index < -0.39 is 6.10 Å². The van der Waals surface area contributed by atoms with Crippen LogP contribution in [-0.2, 0) is 9.53 Å². The number of ether oxygens (including phenoxy) is 2. The summed E-state index contributed by atoms with van der Waals surface area (Å²) < 4.78 is 24.6. The second-order valence-electron chi connectivity index (χ2n) is 8.31. The molecule has 0 amide bonds. The Kier molecular flexibility index (Phi) is 7.45. The van der Waals surface area contributed by atoms with Gasteiger partial charge in [0.05, 0.1) is 11.6 Å². The van der Waals surface area contributed by atoms with Crippen LogP contribution in [0.4, 0.5) is 4.39 Å². The van der Waals surface area contributed by atoms with E-state index in [1.54, 1.807) is 12.1 Å². The number of carbonyl (C=O) groups is 1. The van der Waals surface area contributed by atoms with E-state index in [9.17, 15) is 14.3 Å². The molecule has 1 atom stereocenters. The number of likely N-dealkylation sites (tertiary alicyclic amines) is 1. The smallest absolute Gasteiger partial charge is 0.334 e. The molecule has 2 aromatic carbocycles. The van der Waals surface area contributed by atoms with Crippen LogP contribution in [-0.4, -0.2) is 54.9 Å². The molecule has 1 unspecified atom stereocenters. The van der Waals surface area contributed by atoms with Crippen LogP contribution in [0.15, 0.2) is 48.0 Å². The molecule has 2 fully saturated rings. The van der Waals surface area contributed by atoms with Crippen molar-refractivity contribution in [3.8, 4) is 5.75 Å². The van der Waals surface area contributed by atoms with Crippen molar-refractivity contribution in [3.05, 3.63) is 70.0 Å². The van der Waals surface area contributed by atoms with E-state index in [1.165, 1.54) is 6.07 Å². The second-order valence-corrected chi connectivity index (χ2v) is 8.71. The van der Waals surface area contributed by atoms with Gasteiger partial charge in [0.2, 0.25) is 0 Å². The van der Waals surface area contributed by atoms with Crippen molar-refractivity contribution >= 4 is 23.6 Å². The fraction of sp³-hybridized carbons (Fsp3) is 0.400. The molecule has 0 saturated carbocycles. The van der Waals surface area contributed by atoms with Gasteiger partial charge in [0.15, 0.2) is 0 Å². The molecule has 0 bridgehead atoms. The summed E-state index contributed by atoms with van der Waals surface area (Å²) in [6, 6.07) is 12.5. The molecule has 170 valence electrons. The van der Waals surface area contributed by atoms with Crippen molar-refractivity contribution in [1.82, 2.24) is 4.90 Å². The Hall–Kier alpha value is -2.41. The summed E-state index contributed by atoms with van der Waals surface area (Å²) in [5.74, 6) is 0.264. The molecular formula is C25H27ClFNO4. The van der Waals surface area contributed by atoms with Gasteiger partial charge in [-0.15, -0.1) is 0 Å². The average molecular weight is 460 g/mol. The normalized spacial score (nSPS) is 19.8. The van der Waals surface area contributed by atoms with Gasteiger partial charge in [0.1, 0.15) is 24.3 Å². The van der Waals surface area contributed by atoms with E-state index in [2.05, 4.69) is 4.90 Å². The summed E-state index contributed by atoms with van der Waals surface area (Å²) >= 11 is 5.79. The molecular weight excluding hydrogens is 433 g/mol. The van der Waals surface area contributed by atoms with Crippen molar-refractivity contribution in [2.45, 2.75) is 31.3 Å². The number of hydrogen-bond acceptors (Lipinski definition) is 5. The number of rotatable bonds is 7. The highest BCUT2D eigenvalue weighted by Crippen LogP contribution is 2.30. The van der Waals surface area contributed by atoms with Gasteiger partial charge in [-0.2, -0.15) is 0 Å². The first-order chi connectivity index (χ1) is 15.5. The summed E-state index contributed by atoms with van der Waals surface area (Å²) in [6.45, 7) is 2.74. The maximum Gasteiger partial charge on any atom is 0.334 e. The van der Waals surface area contributed by atoms with Crippen LogP contribution >= 0.6 is 11.6 Å². The van der Waals surface area contributed by atoms with Crippen molar-refractivity contribution in [2.75, 3.05) is 32.8 Å². The lowest BCUT2D eigenvalue weighted by Gasteiger charge is -2.33. The van der Waals surface area contributed by atoms with Crippen molar-refractivity contribution in [1.29, 1.82) is 0 Å². The first-order valence-corrected chi connectivity index (χ1v) is 11.3. The lowest BCUT2D eigenvalue weighted by molar-refractivity contribution is -0.134. The Bertz CT molecular complexity index is 988. The highest BCUT2D eigenvalue weighted by atomic mass is 35.5. The summed E-state index contributed by atoms with van der Waals surface area (Å²) in [5, 5.41) is 10.7. The molecule has 4 rings (SSSR count). The molecule has 2 saturated heterocycles. The maximum atomic E-state index is 13.8. The highest BCUT2D eigenvalue weighted by Gasteiger charge is 2.23. The monoisotopic (exact) mass is 459 g/mol. The number of hydrogen-bond donors (Lipinski definition) is 1. The van der Waals surface area contributed by atoms with E-state index in [4.69, 9.17) is 21.1 Å². The largest absolute Gasteiger partial charge is 0.490 e. The lowest BCUT2D eigenvalue weighted by Crippen LogP contribution is -2.40. The van der Waals surface area contributed by atoms with Crippen LogP contribution in [0.1, 0.15) is 36.3 Å². The molecule has 0 radical (unpaired) electrons. The zero-order chi connectivity index (χ0) is 22.5. The number of β-amino-alcohol motifs (C(OH)–C–C–N with tert-alkyl or cyclic N) is 1. The fourth-order valence-electron chi connectivity index (χ4n) is 4.25. The van der Waals surface area contributed by atoms with E-state index >= 15 is 0 Å². The minimum atomic E-state index is -0.642. The summed E-state index contributed by atoms with van der Waals surface area (Å²) in [7, 11) is 0. The molecule has 0 aliphatic carbocycles. The third-order valence-electron chi connectivity index (χ3n) is 6.02. The number of aliphatic hydroxyl groups is 1. The Morgan fingerprint density at radius 2 is 2.03 bits per heavy atom. The second kappa shape index (κ2) is 10.5. The summed E-state index contributed by atoms with van der Waals surface area (Å²) in [4.78, 5) is 13.9. The predicted octanol–water partition coefficient (Wildman–Crippen LogP) is 4.43. The number of piperidine rings is 1. The number of halogens is 2. The molecule has 2 aliphatic rings. The molecule has 2 aromatic rings. The van der Waals surface area contributed by atoms with Crippen LogP contribution in [0.5, 0.6) is 5.75 Å². The number of aliphatic hydroxyl groups excluding tert-OH is 1. The van der Waals surface area contributed by atoms with Gasteiger partial charge >= 0.3 is 5.97 Å². The van der Waals surface area contributed by atoms with E-state index in [1.807, 2.05) is 30.3 Å². The quantitative estimate of drug-likeness (QED) is 0.490. The average Bonchev–Trinajstić information content (AvgIpc) is 3.20. The number of para-hydroxylation sites is 1. The maximum absolute atomic E-state index is 13.8. The molecule has 2 heterocycles. The van der Waals surface area contributed by atoms with Crippen LogP contribution in [0.3, 0.4) is 0 Å². The van der Waals surface area contributed by atoms with Gasteiger partial charge in [-0.05, 0) is 61.7 Å². The highest BCUT2D eigenvalue weighted by molar-refractivity contribution is 6.30. The molecule has 7 heteroatoms. The van der Waals surface area contributed by atoms with Gasteiger partial charge in [-0.25, -0.2) is 9.18 Å². The topological polar surface area (TPSA) is 59.0 Å². The van der Waals surface area contributed by atoms with Crippen molar-refractivity contribution < 1.29 is 23.8 Å². The predicted molar refractivity (Wildman–Crippen MR) is 121 cm³/mol. The summed E-state index contributed by atoms with van der Waals surface area (Å²) in [6.07, 6.45) is 3.55. The fourth-order valence-corrected chi connectivity index (χ4v) is 4.37. The van der Waals surface area contributed by atoms with Crippen molar-refractivity contribution in [3.63, 3.8) is 0 Å². The van der Waals surface area contributed by atoms with Crippen LogP contribution < -0.4 is 4.74 Å². The zero-order valence-electron chi connectivity index (χ0n) is 17.8. The van der Waals surface area contributed by atoms with E-state index in [0.29, 0.717) is 36.8 Å². The number of benzene rings is 2. The third kappa shape index (κ3) is 5.68. The van der Waals surface area contributed by atoms with Gasteiger partial charge in [0.25, 0.3) is 0 Å². The van der Waals surface area contributed by atoms with Gasteiger partial charge in [-0.1, -0.05) is 35.9 Å². The third-order valence-corrected chi connectivity index (χ3v) is 6.32. The number of cyclic esters (lactones) is 1. The Balaban J connectivity index is 1.27. The van der Waals surface area contributed by atoms with E-state index in [-0.39, 0.29) is 23.4 Å². The Labute approximate surface area is 192 Å². The lowest BCUT2D eigenvalue weighted by atomic mass is 9.89. The molecule has 2 aliphatic heterocycles. The van der Waals surface area contributed by atoms with Crippen LogP contribution in [0.2, 0.25) is 5.02 Å². The molecule has 1 N–H and O–H groups in total. The molecule has 5 nitrogen and oxygen atoms in total. The molecule has 0 spiro atoms. The van der Waals surface area contributed by atoms with E-state index in [0.717, 1.165) is 37.1 Å². The zero-order valence-corrected chi connectivity index (χ0v) is 18.6. The van der Waals surface area contributed by atoms with Crippen molar-refractivity contribution in [2.24, 2.45) is 0 Å². The summed E-state index contributed by atoms with van der Waals surface area (Å²) in [5.41, 5.74) is 2.40. The van der Waals surface area contributed by atoms with Gasteiger partial charge < -0.3 is 19.5 Å². The Morgan fingerprint density at radius 3 is 2.75 bits per heavy atom. The standard InChI is InChI=1S/C25H27ClFNO4/c26-22-6-5-18(14-23(22)27)17-7-10-28(11-8-17)15-21(29)16-32-24-4-2-1-3-19(24)13-20-9-12-31-25(20)30/h1-6,13-14,17,21,29H,7-12,15-16H2. The minimum absolute atomic E-state index is 0.148. The molecule has 0 aromatic heterocycles. The minimum Gasteiger partial charge on any atom is -0.490 e. The number of nitrogens with zero attached hydrogens (tertiary/aromatic N) is 1. The first-order valence-electron chi connectivity index (χ1n) is 10.9. The number of carbonyl (C=O) groups excluding carboxylic acids is 1. The van der Waals surface area contributed by atoms with Gasteiger partial charge in [-0.3, -0.25) is 0 Å². The first kappa shape index (κ1) is 22.8. The SMILES string of the molecule is O=C1OCCC1=Cc1ccccc1OCC(O)CN1CCC(c2ccc(Cl)c(F)c2)CC1. The van der Waals surface area contributed by atoms with Crippen LogP contribution in [0, 0.1) is 5.82 Å².